The smallest absolute Gasteiger partial charge is 0.305 e. The highest BCUT2D eigenvalue weighted by Crippen LogP contribution is 2.25. The van der Waals surface area contributed by atoms with Gasteiger partial charge in [-0.3, -0.25) is 0 Å². The topological polar surface area (TPSA) is 12.0 Å². The summed E-state index contributed by atoms with van der Waals surface area (Å²) in [5, 5.41) is 2.48. The molecule has 1 unspecified atom stereocenters. The summed E-state index contributed by atoms with van der Waals surface area (Å²) in [6.07, 6.45) is -3.86. The molecule has 0 aromatic rings. The van der Waals surface area contributed by atoms with Crippen LogP contribution in [0.3, 0.4) is 0 Å². The monoisotopic (exact) mass is 185 g/mol. The second-order valence-electron chi connectivity index (χ2n) is 2.45. The van der Waals surface area contributed by atoms with Gasteiger partial charge in [0.15, 0.2) is 0 Å². The highest BCUT2D eigenvalue weighted by molar-refractivity contribution is 7.99. The summed E-state index contributed by atoms with van der Waals surface area (Å²) < 4.78 is 36.2. The SMILES string of the molecule is FC(F)(F)C1CCSCCN1. The summed E-state index contributed by atoms with van der Waals surface area (Å²) in [7, 11) is 0. The number of hydrogen-bond donors (Lipinski definition) is 1. The number of alkyl halides is 3. The van der Waals surface area contributed by atoms with Crippen LogP contribution in [0.5, 0.6) is 0 Å². The van der Waals surface area contributed by atoms with Crippen molar-refractivity contribution in [1.82, 2.24) is 5.32 Å². The van der Waals surface area contributed by atoms with Crippen molar-refractivity contribution < 1.29 is 13.2 Å². The summed E-state index contributed by atoms with van der Waals surface area (Å²) in [6.45, 7) is 0.467. The Labute approximate surface area is 67.7 Å². The molecule has 1 atom stereocenters. The molecule has 0 radical (unpaired) electrons. The van der Waals surface area contributed by atoms with Gasteiger partial charge in [-0.2, -0.15) is 24.9 Å². The van der Waals surface area contributed by atoms with Gasteiger partial charge in [0.25, 0.3) is 0 Å². The Morgan fingerprint density at radius 2 is 2.00 bits per heavy atom. The number of nitrogens with one attached hydrogen (secondary N) is 1. The van der Waals surface area contributed by atoms with Gasteiger partial charge < -0.3 is 5.32 Å². The maximum atomic E-state index is 12.1. The maximum Gasteiger partial charge on any atom is 0.403 e. The van der Waals surface area contributed by atoms with Crippen LogP contribution in [0.15, 0.2) is 0 Å². The number of rotatable bonds is 0. The van der Waals surface area contributed by atoms with E-state index in [0.29, 0.717) is 12.3 Å². The fraction of sp³-hybridized carbons (Fsp3) is 1.00. The predicted molar refractivity (Wildman–Crippen MR) is 39.8 cm³/mol. The van der Waals surface area contributed by atoms with E-state index in [0.717, 1.165) is 5.75 Å². The molecule has 1 aliphatic rings. The molecule has 5 heteroatoms. The normalized spacial score (nSPS) is 28.1. The lowest BCUT2D eigenvalue weighted by molar-refractivity contribution is -0.155. The van der Waals surface area contributed by atoms with E-state index in [9.17, 15) is 13.2 Å². The lowest BCUT2D eigenvalue weighted by Crippen LogP contribution is -2.42. The van der Waals surface area contributed by atoms with Gasteiger partial charge >= 0.3 is 6.18 Å². The van der Waals surface area contributed by atoms with Crippen LogP contribution in [-0.4, -0.2) is 30.3 Å². The fourth-order valence-electron chi connectivity index (χ4n) is 0.990. The van der Waals surface area contributed by atoms with Gasteiger partial charge in [-0.15, -0.1) is 0 Å². The molecule has 1 nitrogen and oxygen atoms in total. The van der Waals surface area contributed by atoms with Gasteiger partial charge in [-0.05, 0) is 12.2 Å². The first-order valence-corrected chi connectivity index (χ1v) is 4.64. The van der Waals surface area contributed by atoms with Crippen LogP contribution in [-0.2, 0) is 0 Å². The standard InChI is InChI=1S/C6H10F3NS/c7-6(8,9)5-1-3-11-4-2-10-5/h5,10H,1-4H2. The summed E-state index contributed by atoms with van der Waals surface area (Å²) >= 11 is 1.57. The van der Waals surface area contributed by atoms with Gasteiger partial charge in [-0.1, -0.05) is 0 Å². The maximum absolute atomic E-state index is 12.1. The molecular formula is C6H10F3NS. The molecular weight excluding hydrogens is 175 g/mol. The van der Waals surface area contributed by atoms with E-state index in [4.69, 9.17) is 0 Å². The Morgan fingerprint density at radius 1 is 1.27 bits per heavy atom. The third kappa shape index (κ3) is 2.91. The van der Waals surface area contributed by atoms with E-state index in [2.05, 4.69) is 5.32 Å². The zero-order valence-electron chi connectivity index (χ0n) is 5.95. The van der Waals surface area contributed by atoms with E-state index < -0.39 is 12.2 Å². The van der Waals surface area contributed by atoms with Gasteiger partial charge in [-0.25, -0.2) is 0 Å². The summed E-state index contributed by atoms with van der Waals surface area (Å²) in [5.74, 6) is 1.39. The lowest BCUT2D eigenvalue weighted by Gasteiger charge is -2.18. The number of hydrogen-bond acceptors (Lipinski definition) is 2. The Bertz CT molecular complexity index is 117. The van der Waals surface area contributed by atoms with Crippen LogP contribution in [0.1, 0.15) is 6.42 Å². The van der Waals surface area contributed by atoms with Crippen LogP contribution in [0.4, 0.5) is 13.2 Å². The van der Waals surface area contributed by atoms with E-state index in [1.807, 2.05) is 0 Å². The molecule has 1 heterocycles. The minimum atomic E-state index is -4.06. The molecule has 11 heavy (non-hydrogen) atoms. The number of thioether (sulfide) groups is 1. The molecule has 0 aromatic heterocycles. The van der Waals surface area contributed by atoms with Crippen molar-refractivity contribution in [2.45, 2.75) is 18.6 Å². The van der Waals surface area contributed by atoms with Gasteiger partial charge in [0, 0.05) is 12.3 Å². The molecule has 66 valence electrons. The minimum Gasteiger partial charge on any atom is -0.305 e. The highest BCUT2D eigenvalue weighted by atomic mass is 32.2. The fourth-order valence-corrected chi connectivity index (χ4v) is 1.86. The summed E-state index contributed by atoms with van der Waals surface area (Å²) in [5.41, 5.74) is 0. The Hall–Kier alpha value is 0.1000. The molecule has 0 saturated carbocycles. The quantitative estimate of drug-likeness (QED) is 0.615. The second kappa shape index (κ2) is 3.67. The zero-order chi connectivity index (χ0) is 8.32. The van der Waals surface area contributed by atoms with Crippen LogP contribution < -0.4 is 5.32 Å². The van der Waals surface area contributed by atoms with Gasteiger partial charge in [0.05, 0.1) is 0 Å². The Balaban J connectivity index is 2.43. The van der Waals surface area contributed by atoms with Crippen molar-refractivity contribution in [3.63, 3.8) is 0 Å². The van der Waals surface area contributed by atoms with Crippen LogP contribution >= 0.6 is 11.8 Å². The molecule has 1 fully saturated rings. The van der Waals surface area contributed by atoms with Crippen molar-refractivity contribution in [3.05, 3.63) is 0 Å². The van der Waals surface area contributed by atoms with Crippen molar-refractivity contribution in [1.29, 1.82) is 0 Å². The third-order valence-corrected chi connectivity index (χ3v) is 2.60. The average molecular weight is 185 g/mol. The molecule has 0 spiro atoms. The van der Waals surface area contributed by atoms with E-state index in [-0.39, 0.29) is 6.42 Å². The second-order valence-corrected chi connectivity index (χ2v) is 3.67. The van der Waals surface area contributed by atoms with Crippen molar-refractivity contribution in [2.75, 3.05) is 18.1 Å². The summed E-state index contributed by atoms with van der Waals surface area (Å²) in [6, 6.07) is -1.28. The molecule has 0 aromatic carbocycles. The van der Waals surface area contributed by atoms with E-state index in [1.165, 1.54) is 0 Å². The van der Waals surface area contributed by atoms with Crippen molar-refractivity contribution in [2.24, 2.45) is 0 Å². The predicted octanol–water partition coefficient (Wildman–Crippen LogP) is 1.64. The first kappa shape index (κ1) is 9.19. The molecule has 1 aliphatic heterocycles. The van der Waals surface area contributed by atoms with Crippen molar-refractivity contribution >= 4 is 11.8 Å². The summed E-state index contributed by atoms with van der Waals surface area (Å²) in [4.78, 5) is 0. The number of halogens is 3. The van der Waals surface area contributed by atoms with E-state index in [1.54, 1.807) is 11.8 Å². The molecule has 0 bridgehead atoms. The third-order valence-electron chi connectivity index (χ3n) is 1.58. The largest absolute Gasteiger partial charge is 0.403 e. The molecule has 1 saturated heterocycles. The minimum absolute atomic E-state index is 0.203. The highest BCUT2D eigenvalue weighted by Gasteiger charge is 2.39. The first-order valence-electron chi connectivity index (χ1n) is 3.48. The van der Waals surface area contributed by atoms with Gasteiger partial charge in [0.2, 0.25) is 0 Å². The van der Waals surface area contributed by atoms with Crippen LogP contribution in [0, 0.1) is 0 Å². The van der Waals surface area contributed by atoms with Crippen LogP contribution in [0.25, 0.3) is 0 Å². The Morgan fingerprint density at radius 3 is 2.64 bits per heavy atom. The van der Waals surface area contributed by atoms with Crippen molar-refractivity contribution in [3.8, 4) is 0 Å². The lowest BCUT2D eigenvalue weighted by atomic mass is 10.2. The van der Waals surface area contributed by atoms with Crippen LogP contribution in [0.2, 0.25) is 0 Å². The first-order chi connectivity index (χ1) is 5.11. The van der Waals surface area contributed by atoms with Gasteiger partial charge in [0.1, 0.15) is 6.04 Å². The molecule has 1 N–H and O–H groups in total. The Kier molecular flexibility index (Phi) is 3.06. The molecule has 0 aliphatic carbocycles. The van der Waals surface area contributed by atoms with E-state index >= 15 is 0 Å². The average Bonchev–Trinajstić information content (AvgIpc) is 2.10. The zero-order valence-corrected chi connectivity index (χ0v) is 6.76. The molecule has 0 amide bonds. The molecule has 1 rings (SSSR count).